The molecule has 0 atom stereocenters. The summed E-state index contributed by atoms with van der Waals surface area (Å²) in [4.78, 5) is 19.4. The van der Waals surface area contributed by atoms with Gasteiger partial charge in [0.15, 0.2) is 3.95 Å². The van der Waals surface area contributed by atoms with Crippen LogP contribution in [-0.4, -0.2) is 33.1 Å². The number of H-pyrrole nitrogens is 1. The van der Waals surface area contributed by atoms with Crippen LogP contribution in [0.25, 0.3) is 4.96 Å². The summed E-state index contributed by atoms with van der Waals surface area (Å²) >= 11 is 6.36. The van der Waals surface area contributed by atoms with Gasteiger partial charge in [0.05, 0.1) is 11.3 Å². The lowest BCUT2D eigenvalue weighted by Gasteiger charge is -2.22. The summed E-state index contributed by atoms with van der Waals surface area (Å²) in [6, 6.07) is 0. The summed E-state index contributed by atoms with van der Waals surface area (Å²) in [6.07, 6.45) is 0.836. The number of aromatic nitrogens is 3. The van der Waals surface area contributed by atoms with Gasteiger partial charge in [0, 0.05) is 19.5 Å². The maximum atomic E-state index is 12.2. The fraction of sp³-hybridized carbons (Fsp3) is 0.444. The van der Waals surface area contributed by atoms with Crippen molar-refractivity contribution in [3.63, 3.8) is 0 Å². The predicted molar refractivity (Wildman–Crippen MR) is 64.6 cm³/mol. The SMILES string of the molecule is CN1CCc2nc3sc(=S)[nH]n3c(=O)c2C1. The van der Waals surface area contributed by atoms with Crippen LogP contribution in [0.5, 0.6) is 0 Å². The molecular weight excluding hydrogens is 244 g/mol. The molecule has 1 aliphatic rings. The van der Waals surface area contributed by atoms with Crippen molar-refractivity contribution in [3.8, 4) is 0 Å². The molecule has 5 nitrogen and oxygen atoms in total. The second-order valence-electron chi connectivity index (χ2n) is 3.95. The largest absolute Gasteiger partial charge is 0.301 e. The third-order valence-corrected chi connectivity index (χ3v) is 3.85. The number of hydrogen-bond donors (Lipinski definition) is 1. The molecule has 84 valence electrons. The summed E-state index contributed by atoms with van der Waals surface area (Å²) in [5.41, 5.74) is 1.70. The first kappa shape index (κ1) is 10.1. The summed E-state index contributed by atoms with van der Waals surface area (Å²) in [5.74, 6) is 0. The Morgan fingerprint density at radius 1 is 1.56 bits per heavy atom. The first-order valence-corrected chi connectivity index (χ1v) is 6.20. The van der Waals surface area contributed by atoms with Gasteiger partial charge in [0.2, 0.25) is 4.96 Å². The van der Waals surface area contributed by atoms with Crippen LogP contribution in [0.2, 0.25) is 0 Å². The summed E-state index contributed by atoms with van der Waals surface area (Å²) in [6.45, 7) is 1.62. The fourth-order valence-electron chi connectivity index (χ4n) is 1.95. The van der Waals surface area contributed by atoms with E-state index in [1.165, 1.54) is 15.9 Å². The Kier molecular flexibility index (Phi) is 2.20. The smallest absolute Gasteiger partial charge is 0.278 e. The zero-order valence-corrected chi connectivity index (χ0v) is 10.3. The predicted octanol–water partition coefficient (Wildman–Crippen LogP) is 0.801. The average Bonchev–Trinajstić information content (AvgIpc) is 2.61. The molecule has 0 saturated heterocycles. The number of rotatable bonds is 0. The van der Waals surface area contributed by atoms with Crippen molar-refractivity contribution < 1.29 is 0 Å². The van der Waals surface area contributed by atoms with Crippen LogP contribution in [0.1, 0.15) is 11.3 Å². The molecule has 2 aromatic heterocycles. The molecule has 7 heteroatoms. The minimum absolute atomic E-state index is 0.0149. The molecule has 0 fully saturated rings. The molecular formula is C9H10N4OS2. The van der Waals surface area contributed by atoms with E-state index in [0.717, 1.165) is 24.2 Å². The summed E-state index contributed by atoms with van der Waals surface area (Å²) in [5, 5.41) is 2.85. The second kappa shape index (κ2) is 3.47. The second-order valence-corrected chi connectivity index (χ2v) is 5.59. The number of likely N-dealkylation sites (N-methyl/N-ethyl adjacent to an activating group) is 1. The minimum Gasteiger partial charge on any atom is -0.301 e. The number of aromatic amines is 1. The highest BCUT2D eigenvalue weighted by atomic mass is 32.1. The Balaban J connectivity index is 2.37. The first-order chi connectivity index (χ1) is 7.65. The normalized spacial score (nSPS) is 16.6. The van der Waals surface area contributed by atoms with Gasteiger partial charge >= 0.3 is 0 Å². The van der Waals surface area contributed by atoms with Crippen LogP contribution in [-0.2, 0) is 13.0 Å². The van der Waals surface area contributed by atoms with Gasteiger partial charge in [0.25, 0.3) is 5.56 Å². The van der Waals surface area contributed by atoms with Gasteiger partial charge in [-0.25, -0.2) is 4.98 Å². The fourth-order valence-corrected chi connectivity index (χ4v) is 2.95. The van der Waals surface area contributed by atoms with Gasteiger partial charge in [0.1, 0.15) is 0 Å². The molecule has 0 saturated carbocycles. The van der Waals surface area contributed by atoms with E-state index in [2.05, 4.69) is 15.0 Å². The summed E-state index contributed by atoms with van der Waals surface area (Å²) < 4.78 is 2.03. The quantitative estimate of drug-likeness (QED) is 0.707. The molecule has 0 aliphatic carbocycles. The maximum Gasteiger partial charge on any atom is 0.278 e. The van der Waals surface area contributed by atoms with E-state index >= 15 is 0 Å². The van der Waals surface area contributed by atoms with Crippen LogP contribution in [0.15, 0.2) is 4.79 Å². The van der Waals surface area contributed by atoms with Crippen molar-refractivity contribution in [2.24, 2.45) is 0 Å². The highest BCUT2D eigenvalue weighted by Gasteiger charge is 2.20. The Morgan fingerprint density at radius 3 is 3.19 bits per heavy atom. The lowest BCUT2D eigenvalue weighted by molar-refractivity contribution is 0.307. The number of nitrogens with one attached hydrogen (secondary N) is 1. The number of nitrogens with zero attached hydrogens (tertiary/aromatic N) is 3. The van der Waals surface area contributed by atoms with Crippen LogP contribution >= 0.6 is 23.6 Å². The van der Waals surface area contributed by atoms with Gasteiger partial charge in [-0.2, -0.15) is 4.52 Å². The minimum atomic E-state index is -0.0149. The molecule has 0 amide bonds. The van der Waals surface area contributed by atoms with Gasteiger partial charge in [-0.3, -0.25) is 9.89 Å². The molecule has 1 aliphatic heterocycles. The van der Waals surface area contributed by atoms with Crippen molar-refractivity contribution in [1.82, 2.24) is 19.5 Å². The van der Waals surface area contributed by atoms with Gasteiger partial charge < -0.3 is 4.90 Å². The molecule has 3 heterocycles. The molecule has 2 aromatic rings. The zero-order valence-electron chi connectivity index (χ0n) is 8.69. The standard InChI is InChI=1S/C9H10N4OS2/c1-12-3-2-6-5(4-12)7(14)13-8(10-6)16-9(15)11-13/h2-4H2,1H3,(H,11,15). The van der Waals surface area contributed by atoms with Crippen LogP contribution in [0.3, 0.4) is 0 Å². The first-order valence-electron chi connectivity index (χ1n) is 4.97. The molecule has 1 N–H and O–H groups in total. The highest BCUT2D eigenvalue weighted by molar-refractivity contribution is 7.73. The molecule has 16 heavy (non-hydrogen) atoms. The van der Waals surface area contributed by atoms with E-state index in [0.29, 0.717) is 15.5 Å². The van der Waals surface area contributed by atoms with Gasteiger partial charge in [-0.1, -0.05) is 11.3 Å². The van der Waals surface area contributed by atoms with Crippen molar-refractivity contribution >= 4 is 28.5 Å². The third kappa shape index (κ3) is 1.43. The van der Waals surface area contributed by atoms with E-state index in [1.807, 2.05) is 7.05 Å². The molecule has 0 aromatic carbocycles. The topological polar surface area (TPSA) is 53.4 Å². The van der Waals surface area contributed by atoms with Crippen molar-refractivity contribution in [3.05, 3.63) is 25.6 Å². The number of hydrogen-bond acceptors (Lipinski definition) is 5. The van der Waals surface area contributed by atoms with E-state index < -0.39 is 0 Å². The number of fused-ring (bicyclic) bond motifs is 2. The van der Waals surface area contributed by atoms with E-state index in [1.54, 1.807) is 0 Å². The van der Waals surface area contributed by atoms with Gasteiger partial charge in [-0.15, -0.1) is 0 Å². The lowest BCUT2D eigenvalue weighted by Crippen LogP contribution is -2.34. The molecule has 0 unspecified atom stereocenters. The Labute approximate surface area is 100 Å². The van der Waals surface area contributed by atoms with Crippen molar-refractivity contribution in [1.29, 1.82) is 0 Å². The third-order valence-electron chi connectivity index (χ3n) is 2.78. The monoisotopic (exact) mass is 254 g/mol. The van der Waals surface area contributed by atoms with E-state index in [-0.39, 0.29) is 5.56 Å². The molecule has 0 bridgehead atoms. The molecule has 0 radical (unpaired) electrons. The zero-order chi connectivity index (χ0) is 11.3. The Morgan fingerprint density at radius 2 is 2.38 bits per heavy atom. The Hall–Kier alpha value is -1.05. The van der Waals surface area contributed by atoms with Crippen molar-refractivity contribution in [2.75, 3.05) is 13.6 Å². The van der Waals surface area contributed by atoms with Gasteiger partial charge in [-0.05, 0) is 19.3 Å². The van der Waals surface area contributed by atoms with E-state index in [4.69, 9.17) is 12.2 Å². The molecule has 3 rings (SSSR count). The van der Waals surface area contributed by atoms with Crippen molar-refractivity contribution in [2.45, 2.75) is 13.0 Å². The highest BCUT2D eigenvalue weighted by Crippen LogP contribution is 2.15. The van der Waals surface area contributed by atoms with Crippen LogP contribution < -0.4 is 5.56 Å². The molecule has 0 spiro atoms. The van der Waals surface area contributed by atoms with Crippen LogP contribution in [0, 0.1) is 3.95 Å². The van der Waals surface area contributed by atoms with Crippen LogP contribution in [0.4, 0.5) is 0 Å². The lowest BCUT2D eigenvalue weighted by atomic mass is 10.1. The maximum absolute atomic E-state index is 12.2. The Bertz CT molecular complexity index is 668. The average molecular weight is 254 g/mol. The summed E-state index contributed by atoms with van der Waals surface area (Å²) in [7, 11) is 2.01. The van der Waals surface area contributed by atoms with E-state index in [9.17, 15) is 4.79 Å².